The van der Waals surface area contributed by atoms with Crippen molar-refractivity contribution in [1.29, 1.82) is 0 Å². The van der Waals surface area contributed by atoms with E-state index < -0.39 is 9.84 Å². The van der Waals surface area contributed by atoms with Gasteiger partial charge in [-0.15, -0.1) is 0 Å². The first kappa shape index (κ1) is 18.3. The third-order valence-electron chi connectivity index (χ3n) is 3.35. The minimum atomic E-state index is -3.32. The Morgan fingerprint density at radius 2 is 1.92 bits per heavy atom. The number of rotatable bonds is 6. The molecule has 0 saturated heterocycles. The lowest BCUT2D eigenvalue weighted by Crippen LogP contribution is -2.31. The number of hydrogen-bond acceptors (Lipinski definition) is 4. The Bertz CT molecular complexity index is 836. The van der Waals surface area contributed by atoms with Gasteiger partial charge in [-0.2, -0.15) is 0 Å². The summed E-state index contributed by atoms with van der Waals surface area (Å²) in [5.41, 5.74) is 0.812. The van der Waals surface area contributed by atoms with E-state index in [4.69, 9.17) is 16.3 Å². The molecule has 0 aromatic heterocycles. The average Bonchev–Trinajstić information content (AvgIpc) is 2.53. The Kier molecular flexibility index (Phi) is 5.85. The minimum Gasteiger partial charge on any atom is -0.484 e. The quantitative estimate of drug-likeness (QED) is 0.851. The molecule has 0 aliphatic rings. The molecule has 24 heavy (non-hydrogen) atoms. The summed E-state index contributed by atoms with van der Waals surface area (Å²) in [6, 6.07) is 13.0. The van der Waals surface area contributed by atoms with Crippen LogP contribution in [0.3, 0.4) is 0 Å². The summed E-state index contributed by atoms with van der Waals surface area (Å²) in [4.78, 5) is 12.1. The van der Waals surface area contributed by atoms with Crippen LogP contribution in [0.4, 0.5) is 0 Å². The van der Waals surface area contributed by atoms with Crippen LogP contribution in [0.2, 0.25) is 5.02 Å². The number of sulfone groups is 1. The first-order chi connectivity index (χ1) is 11.3. The molecule has 0 aliphatic heterocycles. The van der Waals surface area contributed by atoms with Crippen LogP contribution in [-0.4, -0.2) is 27.2 Å². The number of nitrogens with one attached hydrogen (secondary N) is 1. The van der Waals surface area contributed by atoms with Crippen LogP contribution in [0, 0.1) is 0 Å². The molecule has 7 heteroatoms. The maximum atomic E-state index is 12.0. The smallest absolute Gasteiger partial charge is 0.258 e. The molecule has 0 fully saturated rings. The van der Waals surface area contributed by atoms with Crippen LogP contribution < -0.4 is 10.1 Å². The summed E-state index contributed by atoms with van der Waals surface area (Å²) in [7, 11) is -3.32. The Hall–Kier alpha value is -2.05. The summed E-state index contributed by atoms with van der Waals surface area (Å²) in [5.74, 6) is -0.00866. The number of hydrogen-bond donors (Lipinski definition) is 1. The third-order valence-corrected chi connectivity index (χ3v) is 4.81. The van der Waals surface area contributed by atoms with Crippen molar-refractivity contribution in [3.8, 4) is 5.75 Å². The molecule has 0 saturated carbocycles. The SMILES string of the molecule is CC(NC(=O)COc1cccc(S(C)(=O)=O)c1)c1ccccc1Cl. The van der Waals surface area contributed by atoms with Crippen LogP contribution >= 0.6 is 11.6 Å². The highest BCUT2D eigenvalue weighted by molar-refractivity contribution is 7.90. The van der Waals surface area contributed by atoms with Crippen LogP contribution in [0.25, 0.3) is 0 Å². The van der Waals surface area contributed by atoms with E-state index in [0.29, 0.717) is 10.8 Å². The molecule has 2 rings (SSSR count). The Morgan fingerprint density at radius 3 is 2.58 bits per heavy atom. The molecule has 0 radical (unpaired) electrons. The highest BCUT2D eigenvalue weighted by atomic mass is 35.5. The van der Waals surface area contributed by atoms with E-state index in [2.05, 4.69) is 5.32 Å². The van der Waals surface area contributed by atoms with Gasteiger partial charge in [0.05, 0.1) is 10.9 Å². The van der Waals surface area contributed by atoms with Gasteiger partial charge in [-0.1, -0.05) is 35.9 Å². The van der Waals surface area contributed by atoms with Gasteiger partial charge in [-0.3, -0.25) is 4.79 Å². The van der Waals surface area contributed by atoms with E-state index in [9.17, 15) is 13.2 Å². The van der Waals surface area contributed by atoms with Gasteiger partial charge in [-0.25, -0.2) is 8.42 Å². The van der Waals surface area contributed by atoms with Gasteiger partial charge in [0.1, 0.15) is 5.75 Å². The summed E-state index contributed by atoms with van der Waals surface area (Å²) in [6.07, 6.45) is 1.12. The monoisotopic (exact) mass is 367 g/mol. The van der Waals surface area contributed by atoms with Gasteiger partial charge in [0.15, 0.2) is 16.4 Å². The number of amides is 1. The van der Waals surface area contributed by atoms with Gasteiger partial charge in [0, 0.05) is 11.3 Å². The third kappa shape index (κ3) is 4.97. The molecule has 1 unspecified atom stereocenters. The normalized spacial score (nSPS) is 12.5. The molecule has 0 spiro atoms. The zero-order valence-corrected chi connectivity index (χ0v) is 14.9. The van der Waals surface area contributed by atoms with Gasteiger partial charge in [0.2, 0.25) is 0 Å². The number of carbonyl (C=O) groups is 1. The molecular weight excluding hydrogens is 350 g/mol. The maximum absolute atomic E-state index is 12.0. The van der Waals surface area contributed by atoms with Crippen molar-refractivity contribution in [1.82, 2.24) is 5.32 Å². The van der Waals surface area contributed by atoms with Gasteiger partial charge in [-0.05, 0) is 36.8 Å². The number of ether oxygens (including phenoxy) is 1. The highest BCUT2D eigenvalue weighted by Gasteiger charge is 2.13. The Labute approximate surface area is 146 Å². The highest BCUT2D eigenvalue weighted by Crippen LogP contribution is 2.22. The van der Waals surface area contributed by atoms with Crippen molar-refractivity contribution in [2.24, 2.45) is 0 Å². The van der Waals surface area contributed by atoms with Gasteiger partial charge in [0.25, 0.3) is 5.91 Å². The second-order valence-electron chi connectivity index (χ2n) is 5.35. The Balaban J connectivity index is 1.95. The zero-order chi connectivity index (χ0) is 17.7. The molecule has 1 atom stereocenters. The minimum absolute atomic E-state index is 0.143. The molecule has 0 aliphatic carbocycles. The summed E-state index contributed by atoms with van der Waals surface area (Å²) >= 11 is 6.10. The lowest BCUT2D eigenvalue weighted by molar-refractivity contribution is -0.123. The summed E-state index contributed by atoms with van der Waals surface area (Å²) in [6.45, 7) is 1.60. The molecule has 128 valence electrons. The second-order valence-corrected chi connectivity index (χ2v) is 7.77. The van der Waals surface area contributed by atoms with Crippen LogP contribution in [0.5, 0.6) is 5.75 Å². The van der Waals surface area contributed by atoms with E-state index in [-0.39, 0.29) is 23.5 Å². The van der Waals surface area contributed by atoms with E-state index >= 15 is 0 Å². The first-order valence-corrected chi connectivity index (χ1v) is 9.51. The number of benzene rings is 2. The molecule has 1 amide bonds. The topological polar surface area (TPSA) is 72.5 Å². The van der Waals surface area contributed by atoms with Crippen molar-refractivity contribution in [2.45, 2.75) is 17.9 Å². The molecule has 2 aromatic rings. The van der Waals surface area contributed by atoms with E-state index in [1.165, 1.54) is 12.1 Å². The van der Waals surface area contributed by atoms with Crippen molar-refractivity contribution in [3.05, 3.63) is 59.1 Å². The van der Waals surface area contributed by atoms with E-state index in [1.807, 2.05) is 25.1 Å². The van der Waals surface area contributed by atoms with Crippen molar-refractivity contribution in [2.75, 3.05) is 12.9 Å². The standard InChI is InChI=1S/C17H18ClNO4S/c1-12(15-8-3-4-9-16(15)18)19-17(20)11-23-13-6-5-7-14(10-13)24(2,21)22/h3-10,12H,11H2,1-2H3,(H,19,20). The fourth-order valence-corrected chi connectivity index (χ4v) is 3.09. The molecule has 2 aromatic carbocycles. The number of halogens is 1. The lowest BCUT2D eigenvalue weighted by atomic mass is 10.1. The summed E-state index contributed by atoms with van der Waals surface area (Å²) < 4.78 is 28.4. The van der Waals surface area contributed by atoms with Crippen LogP contribution in [0.15, 0.2) is 53.4 Å². The second kappa shape index (κ2) is 7.68. The van der Waals surface area contributed by atoms with Crippen molar-refractivity contribution >= 4 is 27.3 Å². The molecule has 5 nitrogen and oxygen atoms in total. The van der Waals surface area contributed by atoms with E-state index in [0.717, 1.165) is 11.8 Å². The predicted molar refractivity (Wildman–Crippen MR) is 93.1 cm³/mol. The summed E-state index contributed by atoms with van der Waals surface area (Å²) in [5, 5.41) is 3.36. The number of carbonyl (C=O) groups excluding carboxylic acids is 1. The predicted octanol–water partition coefficient (Wildman–Crippen LogP) is 3.00. The Morgan fingerprint density at radius 1 is 1.21 bits per heavy atom. The van der Waals surface area contributed by atoms with Crippen molar-refractivity contribution in [3.63, 3.8) is 0 Å². The first-order valence-electron chi connectivity index (χ1n) is 7.24. The molecular formula is C17H18ClNO4S. The molecule has 1 N–H and O–H groups in total. The zero-order valence-electron chi connectivity index (χ0n) is 13.3. The van der Waals surface area contributed by atoms with E-state index in [1.54, 1.807) is 18.2 Å². The lowest BCUT2D eigenvalue weighted by Gasteiger charge is -2.16. The molecule has 0 heterocycles. The fraction of sp³-hybridized carbons (Fsp3) is 0.235. The maximum Gasteiger partial charge on any atom is 0.258 e. The largest absolute Gasteiger partial charge is 0.484 e. The van der Waals surface area contributed by atoms with Crippen molar-refractivity contribution < 1.29 is 17.9 Å². The fourth-order valence-electron chi connectivity index (χ4n) is 2.13. The van der Waals surface area contributed by atoms with Crippen LogP contribution in [-0.2, 0) is 14.6 Å². The van der Waals surface area contributed by atoms with Crippen LogP contribution in [0.1, 0.15) is 18.5 Å². The van der Waals surface area contributed by atoms with Gasteiger partial charge < -0.3 is 10.1 Å². The van der Waals surface area contributed by atoms with Gasteiger partial charge >= 0.3 is 0 Å². The average molecular weight is 368 g/mol. The molecule has 0 bridgehead atoms.